The number of hydrogen-bond donors (Lipinski definition) is 1. The highest BCUT2D eigenvalue weighted by Crippen LogP contribution is 2.44. The van der Waals surface area contributed by atoms with Crippen molar-refractivity contribution in [1.29, 1.82) is 5.41 Å². The van der Waals surface area contributed by atoms with Crippen LogP contribution in [0.3, 0.4) is 0 Å². The van der Waals surface area contributed by atoms with Crippen molar-refractivity contribution in [3.05, 3.63) is 0 Å². The number of aldehydes is 1. The molecule has 1 aliphatic heterocycles. The van der Waals surface area contributed by atoms with Gasteiger partial charge in [0.1, 0.15) is 11.7 Å². The Morgan fingerprint density at radius 3 is 2.07 bits per heavy atom. The minimum atomic E-state index is -4.47. The molecule has 1 N–H and O–H groups in total. The molecule has 0 aromatic heterocycles. The molecule has 1 saturated heterocycles. The highest BCUT2D eigenvalue weighted by Gasteiger charge is 2.55. The zero-order valence-electron chi connectivity index (χ0n) is 7.47. The monoisotopic (exact) mass is 208 g/mol. The van der Waals surface area contributed by atoms with Gasteiger partial charge in [0.2, 0.25) is 0 Å². The van der Waals surface area contributed by atoms with Crippen LogP contribution in [0, 0.1) is 10.8 Å². The Balaban J connectivity index is 2.76. The maximum absolute atomic E-state index is 12.5. The van der Waals surface area contributed by atoms with Gasteiger partial charge in [0.25, 0.3) is 0 Å². The molecule has 0 spiro atoms. The van der Waals surface area contributed by atoms with E-state index in [-0.39, 0.29) is 32.2 Å². The molecule has 1 heterocycles. The normalized spacial score (nSPS) is 21.8. The summed E-state index contributed by atoms with van der Waals surface area (Å²) in [5, 5.41) is 6.87. The molecule has 1 fully saturated rings. The summed E-state index contributed by atoms with van der Waals surface area (Å²) in [6.45, 7) is 0.226. The molecule has 0 saturated carbocycles. The predicted molar refractivity (Wildman–Crippen MR) is 44.1 cm³/mol. The standard InChI is InChI=1S/C8H11F3N2O/c9-8(10,11)7(5-14)1-3-13(6-12)4-2-7/h5-6,12H,1-4H2. The Labute approximate surface area is 79.4 Å². The first-order valence-corrected chi connectivity index (χ1v) is 4.23. The van der Waals surface area contributed by atoms with Crippen molar-refractivity contribution in [1.82, 2.24) is 4.90 Å². The number of likely N-dealkylation sites (tertiary alicyclic amines) is 1. The van der Waals surface area contributed by atoms with Crippen LogP contribution in [0.5, 0.6) is 0 Å². The zero-order chi connectivity index (χ0) is 10.8. The summed E-state index contributed by atoms with van der Waals surface area (Å²) in [5.74, 6) is 0. The molecular formula is C8H11F3N2O. The van der Waals surface area contributed by atoms with Gasteiger partial charge in [-0.3, -0.25) is 5.41 Å². The molecular weight excluding hydrogens is 197 g/mol. The predicted octanol–water partition coefficient (Wildman–Crippen LogP) is 1.44. The van der Waals surface area contributed by atoms with Crippen molar-refractivity contribution in [2.45, 2.75) is 19.0 Å². The van der Waals surface area contributed by atoms with Crippen molar-refractivity contribution in [3.63, 3.8) is 0 Å². The van der Waals surface area contributed by atoms with Crippen molar-refractivity contribution in [2.24, 2.45) is 5.41 Å². The zero-order valence-corrected chi connectivity index (χ0v) is 7.47. The molecule has 0 atom stereocenters. The first-order chi connectivity index (χ1) is 6.45. The van der Waals surface area contributed by atoms with Crippen LogP contribution in [0.15, 0.2) is 0 Å². The summed E-state index contributed by atoms with van der Waals surface area (Å²) < 4.78 is 37.6. The van der Waals surface area contributed by atoms with E-state index in [1.165, 1.54) is 4.90 Å². The molecule has 0 bridgehead atoms. The van der Waals surface area contributed by atoms with Crippen LogP contribution < -0.4 is 0 Å². The van der Waals surface area contributed by atoms with Gasteiger partial charge in [-0.2, -0.15) is 13.2 Å². The fourth-order valence-electron chi connectivity index (χ4n) is 1.52. The number of carbonyl (C=O) groups excluding carboxylic acids is 1. The maximum atomic E-state index is 12.5. The van der Waals surface area contributed by atoms with E-state index in [0.717, 1.165) is 6.34 Å². The average molecular weight is 208 g/mol. The lowest BCUT2D eigenvalue weighted by atomic mass is 9.79. The Morgan fingerprint density at radius 1 is 1.29 bits per heavy atom. The summed E-state index contributed by atoms with van der Waals surface area (Å²) >= 11 is 0. The van der Waals surface area contributed by atoms with Crippen LogP contribution in [0.2, 0.25) is 0 Å². The van der Waals surface area contributed by atoms with Crippen LogP contribution in [0.1, 0.15) is 12.8 Å². The number of hydrogen-bond acceptors (Lipinski definition) is 2. The van der Waals surface area contributed by atoms with Crippen molar-refractivity contribution in [2.75, 3.05) is 13.1 Å². The van der Waals surface area contributed by atoms with Gasteiger partial charge in [-0.1, -0.05) is 0 Å². The van der Waals surface area contributed by atoms with Gasteiger partial charge in [0.05, 0.1) is 6.34 Å². The number of alkyl halides is 3. The fourth-order valence-corrected chi connectivity index (χ4v) is 1.52. The fraction of sp³-hybridized carbons (Fsp3) is 0.750. The quantitative estimate of drug-likeness (QED) is 0.424. The number of piperidine rings is 1. The second kappa shape index (κ2) is 3.59. The Hall–Kier alpha value is -1.07. The van der Waals surface area contributed by atoms with E-state index >= 15 is 0 Å². The molecule has 0 unspecified atom stereocenters. The maximum Gasteiger partial charge on any atom is 0.401 e. The lowest BCUT2D eigenvalue weighted by molar-refractivity contribution is -0.223. The summed E-state index contributed by atoms with van der Waals surface area (Å²) in [4.78, 5) is 12.0. The third-order valence-corrected chi connectivity index (χ3v) is 2.66. The molecule has 3 nitrogen and oxygen atoms in total. The van der Waals surface area contributed by atoms with Gasteiger partial charge in [0, 0.05) is 13.1 Å². The Morgan fingerprint density at radius 2 is 1.79 bits per heavy atom. The minimum absolute atomic E-state index is 0.00822. The molecule has 0 amide bonds. The highest BCUT2D eigenvalue weighted by atomic mass is 19.4. The van der Waals surface area contributed by atoms with Crippen LogP contribution in [-0.4, -0.2) is 36.8 Å². The molecule has 80 valence electrons. The van der Waals surface area contributed by atoms with Crippen LogP contribution in [-0.2, 0) is 4.79 Å². The number of rotatable bonds is 2. The van der Waals surface area contributed by atoms with E-state index in [1.54, 1.807) is 0 Å². The summed E-state index contributed by atoms with van der Waals surface area (Å²) in [7, 11) is 0. The van der Waals surface area contributed by atoms with Gasteiger partial charge in [-0.25, -0.2) is 0 Å². The van der Waals surface area contributed by atoms with Gasteiger partial charge >= 0.3 is 6.18 Å². The Bertz CT molecular complexity index is 231. The first kappa shape index (κ1) is 11.0. The molecule has 0 aromatic carbocycles. The van der Waals surface area contributed by atoms with Crippen molar-refractivity contribution in [3.8, 4) is 0 Å². The summed E-state index contributed by atoms with van der Waals surface area (Å²) in [5.41, 5.74) is -2.19. The molecule has 1 aliphatic rings. The molecule has 0 aliphatic carbocycles. The minimum Gasteiger partial charge on any atom is -0.363 e. The van der Waals surface area contributed by atoms with E-state index in [0.29, 0.717) is 0 Å². The van der Waals surface area contributed by atoms with Crippen LogP contribution >= 0.6 is 0 Å². The van der Waals surface area contributed by atoms with E-state index in [4.69, 9.17) is 5.41 Å². The lowest BCUT2D eigenvalue weighted by Crippen LogP contribution is -2.48. The largest absolute Gasteiger partial charge is 0.401 e. The smallest absolute Gasteiger partial charge is 0.363 e. The van der Waals surface area contributed by atoms with Gasteiger partial charge in [-0.05, 0) is 12.8 Å². The summed E-state index contributed by atoms with van der Waals surface area (Å²) in [6, 6.07) is 0. The third-order valence-electron chi connectivity index (χ3n) is 2.66. The van der Waals surface area contributed by atoms with Gasteiger partial charge in [0.15, 0.2) is 0 Å². The average Bonchev–Trinajstić information content (AvgIpc) is 2.16. The second-order valence-corrected chi connectivity index (χ2v) is 3.44. The van der Waals surface area contributed by atoms with E-state index in [9.17, 15) is 18.0 Å². The molecule has 0 radical (unpaired) electrons. The SMILES string of the molecule is N=CN1CCC(C=O)(C(F)(F)F)CC1. The third kappa shape index (κ3) is 1.73. The molecule has 0 aromatic rings. The number of halogens is 3. The first-order valence-electron chi connectivity index (χ1n) is 4.23. The summed E-state index contributed by atoms with van der Waals surface area (Å²) in [6.07, 6.45) is -3.97. The van der Waals surface area contributed by atoms with Gasteiger partial charge < -0.3 is 9.69 Å². The Kier molecular flexibility index (Phi) is 2.82. The second-order valence-electron chi connectivity index (χ2n) is 3.44. The van der Waals surface area contributed by atoms with Crippen molar-refractivity contribution >= 4 is 12.6 Å². The highest BCUT2D eigenvalue weighted by molar-refractivity contribution is 5.62. The van der Waals surface area contributed by atoms with E-state index in [1.807, 2.05) is 0 Å². The van der Waals surface area contributed by atoms with E-state index < -0.39 is 11.6 Å². The molecule has 1 rings (SSSR count). The van der Waals surface area contributed by atoms with Crippen LogP contribution in [0.4, 0.5) is 13.2 Å². The molecule has 14 heavy (non-hydrogen) atoms. The molecule has 6 heteroatoms. The van der Waals surface area contributed by atoms with E-state index in [2.05, 4.69) is 0 Å². The van der Waals surface area contributed by atoms with Crippen LogP contribution in [0.25, 0.3) is 0 Å². The topological polar surface area (TPSA) is 44.2 Å². The lowest BCUT2D eigenvalue weighted by Gasteiger charge is -2.38. The van der Waals surface area contributed by atoms with Crippen molar-refractivity contribution < 1.29 is 18.0 Å². The number of nitrogens with zero attached hydrogens (tertiary/aromatic N) is 1. The number of nitrogens with one attached hydrogen (secondary N) is 1. The number of carbonyl (C=O) groups is 1. The van der Waals surface area contributed by atoms with Gasteiger partial charge in [-0.15, -0.1) is 0 Å².